The zero-order chi connectivity index (χ0) is 13.1. The van der Waals surface area contributed by atoms with Gasteiger partial charge in [-0.05, 0) is 17.5 Å². The van der Waals surface area contributed by atoms with Gasteiger partial charge in [0.25, 0.3) is 0 Å². The zero-order valence-corrected chi connectivity index (χ0v) is 12.0. The van der Waals surface area contributed by atoms with E-state index in [1.165, 1.54) is 0 Å². The van der Waals surface area contributed by atoms with Crippen molar-refractivity contribution in [2.75, 3.05) is 0 Å². The highest BCUT2D eigenvalue weighted by atomic mass is 79.9. The van der Waals surface area contributed by atoms with Gasteiger partial charge in [-0.2, -0.15) is 5.10 Å². The van der Waals surface area contributed by atoms with Gasteiger partial charge >= 0.3 is 0 Å². The molecule has 1 aromatic carbocycles. The van der Waals surface area contributed by atoms with E-state index in [1.54, 1.807) is 0 Å². The number of nitrogens with zero attached hydrogens (tertiary/aromatic N) is 2. The van der Waals surface area contributed by atoms with E-state index in [0.29, 0.717) is 12.1 Å². The lowest BCUT2D eigenvalue weighted by molar-refractivity contribution is 0.112. The summed E-state index contributed by atoms with van der Waals surface area (Å²) in [6.45, 7) is 4.74. The number of aldehydes is 1. The first-order valence-corrected chi connectivity index (χ1v) is 6.67. The molecule has 0 aliphatic heterocycles. The second-order valence-electron chi connectivity index (χ2n) is 4.53. The van der Waals surface area contributed by atoms with Crippen molar-refractivity contribution < 1.29 is 4.79 Å². The molecule has 94 valence electrons. The zero-order valence-electron chi connectivity index (χ0n) is 10.4. The second-order valence-corrected chi connectivity index (χ2v) is 5.39. The monoisotopic (exact) mass is 306 g/mol. The van der Waals surface area contributed by atoms with Crippen LogP contribution in [0.4, 0.5) is 0 Å². The predicted molar refractivity (Wildman–Crippen MR) is 74.9 cm³/mol. The number of aromatic nitrogens is 2. The molecule has 3 nitrogen and oxygen atoms in total. The fraction of sp³-hybridized carbons (Fsp3) is 0.286. The predicted octanol–water partition coefficient (Wildman–Crippen LogP) is 3.63. The molecule has 4 heteroatoms. The maximum Gasteiger partial charge on any atom is 0.153 e. The Morgan fingerprint density at radius 2 is 2.11 bits per heavy atom. The third-order valence-corrected chi connectivity index (χ3v) is 3.56. The van der Waals surface area contributed by atoms with E-state index in [9.17, 15) is 4.79 Å². The number of hydrogen-bond acceptors (Lipinski definition) is 2. The number of halogens is 1. The van der Waals surface area contributed by atoms with Crippen LogP contribution in [0.15, 0.2) is 34.9 Å². The summed E-state index contributed by atoms with van der Waals surface area (Å²) >= 11 is 3.51. The smallest absolute Gasteiger partial charge is 0.153 e. The van der Waals surface area contributed by atoms with Crippen molar-refractivity contribution in [2.45, 2.75) is 26.3 Å². The summed E-state index contributed by atoms with van der Waals surface area (Å²) in [6, 6.07) is 8.02. The summed E-state index contributed by atoms with van der Waals surface area (Å²) in [5.41, 5.74) is 2.68. The summed E-state index contributed by atoms with van der Waals surface area (Å²) in [5, 5.41) is 4.48. The molecule has 1 aromatic heterocycles. The molecule has 2 rings (SSSR count). The molecular weight excluding hydrogens is 292 g/mol. The summed E-state index contributed by atoms with van der Waals surface area (Å²) in [6.07, 6.45) is 2.68. The van der Waals surface area contributed by atoms with Crippen molar-refractivity contribution in [3.8, 4) is 0 Å². The minimum absolute atomic E-state index is 0.255. The van der Waals surface area contributed by atoms with Gasteiger partial charge in [-0.25, -0.2) is 0 Å². The van der Waals surface area contributed by atoms with Gasteiger partial charge in [0.2, 0.25) is 0 Å². The molecule has 0 aliphatic rings. The van der Waals surface area contributed by atoms with Crippen LogP contribution in [0.3, 0.4) is 0 Å². The molecule has 0 bridgehead atoms. The molecule has 0 saturated carbocycles. The molecule has 0 amide bonds. The molecule has 1 heterocycles. The Balaban J connectivity index is 2.30. The Bertz CT molecular complexity index is 561. The summed E-state index contributed by atoms with van der Waals surface area (Å²) in [4.78, 5) is 11.0. The van der Waals surface area contributed by atoms with Crippen molar-refractivity contribution in [1.82, 2.24) is 9.78 Å². The first-order valence-electron chi connectivity index (χ1n) is 5.87. The molecule has 0 atom stereocenters. The lowest BCUT2D eigenvalue weighted by Crippen LogP contribution is -2.02. The minimum atomic E-state index is 0.255. The molecule has 0 N–H and O–H groups in total. The normalized spacial score (nSPS) is 10.9. The molecule has 0 unspecified atom stereocenters. The van der Waals surface area contributed by atoms with Gasteiger partial charge in [-0.3, -0.25) is 9.48 Å². The van der Waals surface area contributed by atoms with E-state index in [-0.39, 0.29) is 5.92 Å². The van der Waals surface area contributed by atoms with Gasteiger partial charge in [-0.15, -0.1) is 0 Å². The summed E-state index contributed by atoms with van der Waals surface area (Å²) < 4.78 is 2.87. The molecule has 2 aromatic rings. The highest BCUT2D eigenvalue weighted by Gasteiger charge is 2.12. The van der Waals surface area contributed by atoms with Crippen LogP contribution in [0.25, 0.3) is 0 Å². The molecule has 18 heavy (non-hydrogen) atoms. The van der Waals surface area contributed by atoms with Gasteiger partial charge in [-0.1, -0.05) is 48.0 Å². The van der Waals surface area contributed by atoms with E-state index in [4.69, 9.17) is 0 Å². The van der Waals surface area contributed by atoms with Crippen molar-refractivity contribution in [1.29, 1.82) is 0 Å². The van der Waals surface area contributed by atoms with E-state index in [1.807, 2.05) is 49.0 Å². The first kappa shape index (κ1) is 13.0. The lowest BCUT2D eigenvalue weighted by Gasteiger charge is -2.04. The van der Waals surface area contributed by atoms with Gasteiger partial charge in [0.15, 0.2) is 6.29 Å². The Morgan fingerprint density at radius 1 is 1.39 bits per heavy atom. The standard InChI is InChI=1S/C14H15BrN2O/c1-10(2)14-12(9-18)8-17(16-14)7-11-5-3-4-6-13(11)15/h3-6,8-10H,7H2,1-2H3. The van der Waals surface area contributed by atoms with E-state index in [0.717, 1.165) is 22.0 Å². The lowest BCUT2D eigenvalue weighted by atomic mass is 10.1. The molecule has 0 aliphatic carbocycles. The minimum Gasteiger partial charge on any atom is -0.298 e. The average Bonchev–Trinajstić information content (AvgIpc) is 2.75. The first-order chi connectivity index (χ1) is 8.61. The number of carbonyl (C=O) groups excluding carboxylic acids is 1. The van der Waals surface area contributed by atoms with Crippen molar-refractivity contribution in [3.63, 3.8) is 0 Å². The van der Waals surface area contributed by atoms with Crippen LogP contribution in [0.1, 0.15) is 41.4 Å². The molecule has 0 saturated heterocycles. The maximum atomic E-state index is 11.0. The summed E-state index contributed by atoms with van der Waals surface area (Å²) in [7, 11) is 0. The van der Waals surface area contributed by atoms with Crippen molar-refractivity contribution >= 4 is 22.2 Å². The Hall–Kier alpha value is -1.42. The molecule has 0 fully saturated rings. The number of carbonyl (C=O) groups is 1. The maximum absolute atomic E-state index is 11.0. The van der Waals surface area contributed by atoms with Gasteiger partial charge in [0.05, 0.1) is 17.8 Å². The van der Waals surface area contributed by atoms with Crippen LogP contribution in [-0.2, 0) is 6.54 Å². The van der Waals surface area contributed by atoms with Crippen LogP contribution in [0.2, 0.25) is 0 Å². The van der Waals surface area contributed by atoms with Crippen molar-refractivity contribution in [2.24, 2.45) is 0 Å². The average molecular weight is 307 g/mol. The second kappa shape index (κ2) is 5.48. The number of hydrogen-bond donors (Lipinski definition) is 0. The van der Waals surface area contributed by atoms with Crippen LogP contribution in [-0.4, -0.2) is 16.1 Å². The summed E-state index contributed by atoms with van der Waals surface area (Å²) in [5.74, 6) is 0.255. The molecular formula is C14H15BrN2O. The Labute approximate surface area is 115 Å². The van der Waals surface area contributed by atoms with Gasteiger partial charge in [0.1, 0.15) is 0 Å². The highest BCUT2D eigenvalue weighted by molar-refractivity contribution is 9.10. The topological polar surface area (TPSA) is 34.9 Å². The molecule has 0 spiro atoms. The molecule has 0 radical (unpaired) electrons. The van der Waals surface area contributed by atoms with Gasteiger partial charge < -0.3 is 0 Å². The fourth-order valence-electron chi connectivity index (χ4n) is 1.87. The fourth-order valence-corrected chi connectivity index (χ4v) is 2.28. The van der Waals surface area contributed by atoms with Crippen LogP contribution >= 0.6 is 15.9 Å². The third kappa shape index (κ3) is 2.70. The SMILES string of the molecule is CC(C)c1nn(Cc2ccccc2Br)cc1C=O. The number of rotatable bonds is 4. The van der Waals surface area contributed by atoms with Crippen LogP contribution < -0.4 is 0 Å². The quantitative estimate of drug-likeness (QED) is 0.809. The van der Waals surface area contributed by atoms with E-state index in [2.05, 4.69) is 21.0 Å². The van der Waals surface area contributed by atoms with E-state index < -0.39 is 0 Å². The largest absolute Gasteiger partial charge is 0.298 e. The van der Waals surface area contributed by atoms with Gasteiger partial charge in [0, 0.05) is 10.7 Å². The van der Waals surface area contributed by atoms with Crippen molar-refractivity contribution in [3.05, 3.63) is 51.8 Å². The highest BCUT2D eigenvalue weighted by Crippen LogP contribution is 2.19. The van der Waals surface area contributed by atoms with E-state index >= 15 is 0 Å². The Kier molecular flexibility index (Phi) is 3.97. The Morgan fingerprint density at radius 3 is 2.67 bits per heavy atom. The van der Waals surface area contributed by atoms with Crippen LogP contribution in [0.5, 0.6) is 0 Å². The third-order valence-electron chi connectivity index (χ3n) is 2.78. The van der Waals surface area contributed by atoms with Crippen LogP contribution in [0, 0.1) is 0 Å². The number of benzene rings is 1.